The molecule has 0 aliphatic heterocycles. The van der Waals surface area contributed by atoms with E-state index in [1.54, 1.807) is 6.20 Å². The Balaban J connectivity index is 1.53. The first-order chi connectivity index (χ1) is 14.2. The van der Waals surface area contributed by atoms with Crippen LogP contribution in [0.2, 0.25) is 0 Å². The van der Waals surface area contributed by atoms with E-state index in [0.29, 0.717) is 13.0 Å². The highest BCUT2D eigenvalue weighted by molar-refractivity contribution is 5.86. The van der Waals surface area contributed by atoms with Gasteiger partial charge in [0, 0.05) is 54.3 Å². The van der Waals surface area contributed by atoms with Gasteiger partial charge >= 0.3 is 0 Å². The average Bonchev–Trinajstić information content (AvgIpc) is 3.17. The fourth-order valence-corrected chi connectivity index (χ4v) is 3.81. The van der Waals surface area contributed by atoms with E-state index in [9.17, 15) is 4.79 Å². The van der Waals surface area contributed by atoms with E-state index in [1.807, 2.05) is 36.5 Å². The summed E-state index contributed by atoms with van der Waals surface area (Å²) in [4.78, 5) is 20.5. The van der Waals surface area contributed by atoms with E-state index in [-0.39, 0.29) is 11.8 Å². The lowest BCUT2D eigenvalue weighted by Crippen LogP contribution is -2.27. The summed E-state index contributed by atoms with van der Waals surface area (Å²) in [5.41, 5.74) is 5.60. The van der Waals surface area contributed by atoms with Gasteiger partial charge < -0.3 is 10.3 Å². The van der Waals surface area contributed by atoms with Crippen molar-refractivity contribution in [3.05, 3.63) is 102 Å². The summed E-state index contributed by atoms with van der Waals surface area (Å²) in [6.45, 7) is 2.67. The Labute approximate surface area is 171 Å². The lowest BCUT2D eigenvalue weighted by atomic mass is 9.87. The highest BCUT2D eigenvalue weighted by Crippen LogP contribution is 2.33. The molecule has 4 rings (SSSR count). The van der Waals surface area contributed by atoms with Crippen LogP contribution in [0.1, 0.15) is 34.7 Å². The Morgan fingerprint density at radius 2 is 1.93 bits per heavy atom. The molecule has 0 radical (unpaired) electrons. The zero-order valence-corrected chi connectivity index (χ0v) is 16.6. The van der Waals surface area contributed by atoms with Gasteiger partial charge in [-0.3, -0.25) is 9.78 Å². The zero-order chi connectivity index (χ0) is 20.1. The highest BCUT2D eigenvalue weighted by atomic mass is 16.1. The fourth-order valence-electron chi connectivity index (χ4n) is 3.81. The number of carbonyl (C=O) groups is 1. The number of para-hydroxylation sites is 1. The van der Waals surface area contributed by atoms with Gasteiger partial charge in [-0.2, -0.15) is 0 Å². The molecule has 146 valence electrons. The van der Waals surface area contributed by atoms with Gasteiger partial charge in [0.1, 0.15) is 0 Å². The van der Waals surface area contributed by atoms with Crippen molar-refractivity contribution in [1.29, 1.82) is 0 Å². The third-order valence-corrected chi connectivity index (χ3v) is 5.26. The summed E-state index contributed by atoms with van der Waals surface area (Å²) < 4.78 is 0. The van der Waals surface area contributed by atoms with E-state index >= 15 is 0 Å². The molecule has 2 aromatic heterocycles. The van der Waals surface area contributed by atoms with Gasteiger partial charge in [-0.25, -0.2) is 0 Å². The van der Waals surface area contributed by atoms with Crippen LogP contribution in [0.4, 0.5) is 0 Å². The summed E-state index contributed by atoms with van der Waals surface area (Å²) in [5.74, 6) is 0.0543. The lowest BCUT2D eigenvalue weighted by Gasteiger charge is -2.18. The second-order valence-electron chi connectivity index (χ2n) is 7.38. The average molecular weight is 383 g/mol. The minimum Gasteiger partial charge on any atom is -0.361 e. The second kappa shape index (κ2) is 8.74. The molecule has 0 spiro atoms. The first kappa shape index (κ1) is 18.9. The van der Waals surface area contributed by atoms with Gasteiger partial charge in [0.05, 0.1) is 0 Å². The zero-order valence-electron chi connectivity index (χ0n) is 16.6. The number of nitrogens with zero attached hydrogens (tertiary/aromatic N) is 1. The number of carbonyl (C=O) groups excluding carboxylic acids is 1. The summed E-state index contributed by atoms with van der Waals surface area (Å²) in [6, 6.07) is 22.5. The molecular formula is C25H25N3O. The largest absolute Gasteiger partial charge is 0.361 e. The topological polar surface area (TPSA) is 57.8 Å². The Bertz CT molecular complexity index is 1100. The summed E-state index contributed by atoms with van der Waals surface area (Å²) in [6.07, 6.45) is 4.96. The molecule has 0 saturated carbocycles. The Morgan fingerprint density at radius 3 is 2.76 bits per heavy atom. The second-order valence-corrected chi connectivity index (χ2v) is 7.38. The molecule has 4 heteroatoms. The molecule has 4 aromatic rings. The van der Waals surface area contributed by atoms with Crippen LogP contribution in [0.15, 0.2) is 79.1 Å². The Hall–Kier alpha value is -3.40. The van der Waals surface area contributed by atoms with Crippen molar-refractivity contribution in [3.8, 4) is 0 Å². The van der Waals surface area contributed by atoms with Crippen LogP contribution >= 0.6 is 0 Å². The third-order valence-electron chi connectivity index (χ3n) is 5.26. The molecule has 1 atom stereocenters. The molecule has 4 nitrogen and oxygen atoms in total. The number of nitrogens with one attached hydrogen (secondary N) is 2. The monoisotopic (exact) mass is 383 g/mol. The smallest absolute Gasteiger partial charge is 0.220 e. The molecule has 2 heterocycles. The van der Waals surface area contributed by atoms with Gasteiger partial charge in [0.25, 0.3) is 0 Å². The first-order valence-corrected chi connectivity index (χ1v) is 10.00. The van der Waals surface area contributed by atoms with Gasteiger partial charge in [-0.05, 0) is 36.2 Å². The van der Waals surface area contributed by atoms with Crippen LogP contribution in [0.5, 0.6) is 0 Å². The number of aromatic nitrogens is 2. The molecule has 1 unspecified atom stereocenters. The number of rotatable bonds is 7. The molecule has 1 amide bonds. The number of H-pyrrole nitrogens is 1. The van der Waals surface area contributed by atoms with Crippen LogP contribution in [-0.2, 0) is 11.2 Å². The van der Waals surface area contributed by atoms with Gasteiger partial charge in [0.15, 0.2) is 0 Å². The molecule has 29 heavy (non-hydrogen) atoms. The lowest BCUT2D eigenvalue weighted by molar-refractivity contribution is -0.121. The van der Waals surface area contributed by atoms with Crippen molar-refractivity contribution in [2.24, 2.45) is 0 Å². The van der Waals surface area contributed by atoms with Crippen molar-refractivity contribution in [2.75, 3.05) is 6.54 Å². The number of hydrogen-bond acceptors (Lipinski definition) is 2. The summed E-state index contributed by atoms with van der Waals surface area (Å²) >= 11 is 0. The molecule has 0 aliphatic rings. The van der Waals surface area contributed by atoms with Crippen LogP contribution in [0, 0.1) is 6.92 Å². The van der Waals surface area contributed by atoms with Crippen molar-refractivity contribution in [2.45, 2.75) is 25.7 Å². The number of fused-ring (bicyclic) bond motifs is 1. The number of aromatic amines is 1. The van der Waals surface area contributed by atoms with Crippen LogP contribution in [0.3, 0.4) is 0 Å². The quantitative estimate of drug-likeness (QED) is 0.484. The van der Waals surface area contributed by atoms with E-state index in [0.717, 1.165) is 28.8 Å². The maximum atomic E-state index is 12.8. The molecule has 0 saturated heterocycles. The van der Waals surface area contributed by atoms with E-state index < -0.39 is 0 Å². The van der Waals surface area contributed by atoms with Gasteiger partial charge in [0.2, 0.25) is 5.91 Å². The predicted molar refractivity (Wildman–Crippen MR) is 117 cm³/mol. The molecule has 0 bridgehead atoms. The predicted octanol–water partition coefficient (Wildman–Crippen LogP) is 4.75. The minimum absolute atomic E-state index is 0.000834. The first-order valence-electron chi connectivity index (χ1n) is 10.00. The van der Waals surface area contributed by atoms with Crippen LogP contribution in [-0.4, -0.2) is 22.4 Å². The summed E-state index contributed by atoms with van der Waals surface area (Å²) in [7, 11) is 0. The fraction of sp³-hybridized carbons (Fsp3) is 0.200. The molecule has 0 fully saturated rings. The third kappa shape index (κ3) is 4.54. The Kier molecular flexibility index (Phi) is 5.71. The molecule has 2 N–H and O–H groups in total. The maximum absolute atomic E-state index is 12.8. The van der Waals surface area contributed by atoms with E-state index in [4.69, 9.17) is 0 Å². The number of hydrogen-bond donors (Lipinski definition) is 2. The molecular weight excluding hydrogens is 358 g/mol. The molecule has 0 aliphatic carbocycles. The standard InChI is InChI=1S/C25H25N3O/c1-18-7-6-8-19(15-18)22(23-17-28-24-11-3-2-10-21(23)24)16-25(29)27-14-12-20-9-4-5-13-26-20/h2-11,13,15,17,22,28H,12,14,16H2,1H3,(H,27,29). The Morgan fingerprint density at radius 1 is 1.07 bits per heavy atom. The normalized spacial score (nSPS) is 12.0. The summed E-state index contributed by atoms with van der Waals surface area (Å²) in [5, 5.41) is 4.23. The SMILES string of the molecule is Cc1cccc(C(CC(=O)NCCc2ccccn2)c2c[nH]c3ccccc23)c1. The van der Waals surface area contributed by atoms with Crippen LogP contribution in [0.25, 0.3) is 10.9 Å². The maximum Gasteiger partial charge on any atom is 0.220 e. The minimum atomic E-state index is 0.000834. The van der Waals surface area contributed by atoms with Crippen molar-refractivity contribution >= 4 is 16.8 Å². The number of amides is 1. The van der Waals surface area contributed by atoms with Crippen molar-refractivity contribution in [1.82, 2.24) is 15.3 Å². The van der Waals surface area contributed by atoms with Crippen molar-refractivity contribution < 1.29 is 4.79 Å². The highest BCUT2D eigenvalue weighted by Gasteiger charge is 2.21. The van der Waals surface area contributed by atoms with Crippen molar-refractivity contribution in [3.63, 3.8) is 0 Å². The number of pyridine rings is 1. The van der Waals surface area contributed by atoms with Crippen LogP contribution < -0.4 is 5.32 Å². The van der Waals surface area contributed by atoms with E-state index in [2.05, 4.69) is 58.6 Å². The number of aryl methyl sites for hydroxylation is 1. The molecule has 2 aromatic carbocycles. The van der Waals surface area contributed by atoms with Gasteiger partial charge in [-0.15, -0.1) is 0 Å². The van der Waals surface area contributed by atoms with Gasteiger partial charge in [-0.1, -0.05) is 54.1 Å². The van der Waals surface area contributed by atoms with E-state index in [1.165, 1.54) is 10.9 Å². The number of benzene rings is 2.